The zero-order valence-electron chi connectivity index (χ0n) is 11.7. The van der Waals surface area contributed by atoms with Gasteiger partial charge in [0.05, 0.1) is 14.2 Å². The van der Waals surface area contributed by atoms with Crippen molar-refractivity contribution in [3.05, 3.63) is 23.3 Å². The highest BCUT2D eigenvalue weighted by Gasteiger charge is 2.22. The summed E-state index contributed by atoms with van der Waals surface area (Å²) in [6, 6.07) is 4.72. The summed E-state index contributed by atoms with van der Waals surface area (Å²) in [6.45, 7) is 5.55. The molecule has 1 saturated heterocycles. The molecule has 1 N–H and O–H groups in total. The molecule has 0 bridgehead atoms. The third-order valence-corrected chi connectivity index (χ3v) is 3.65. The van der Waals surface area contributed by atoms with Crippen LogP contribution in [0.1, 0.15) is 49.8 Å². The van der Waals surface area contributed by atoms with Crippen LogP contribution in [0.5, 0.6) is 11.5 Å². The molecule has 0 radical (unpaired) electrons. The number of ether oxygens (including phenoxy) is 2. The van der Waals surface area contributed by atoms with E-state index in [0.717, 1.165) is 18.0 Å². The number of benzene rings is 1. The number of hydrogen-bond acceptors (Lipinski definition) is 3. The molecule has 0 spiro atoms. The van der Waals surface area contributed by atoms with E-state index in [1.165, 1.54) is 24.0 Å². The average molecular weight is 249 g/mol. The van der Waals surface area contributed by atoms with Gasteiger partial charge < -0.3 is 14.8 Å². The Kier molecular flexibility index (Phi) is 4.12. The topological polar surface area (TPSA) is 30.5 Å². The van der Waals surface area contributed by atoms with Gasteiger partial charge in [-0.05, 0) is 48.6 Å². The van der Waals surface area contributed by atoms with Crippen molar-refractivity contribution in [2.75, 3.05) is 20.8 Å². The van der Waals surface area contributed by atoms with Crippen LogP contribution in [-0.4, -0.2) is 20.8 Å². The summed E-state index contributed by atoms with van der Waals surface area (Å²) in [4.78, 5) is 0. The second kappa shape index (κ2) is 5.61. The molecule has 0 amide bonds. The van der Waals surface area contributed by atoms with E-state index in [9.17, 15) is 0 Å². The van der Waals surface area contributed by atoms with Crippen molar-refractivity contribution in [2.24, 2.45) is 0 Å². The van der Waals surface area contributed by atoms with Crippen LogP contribution in [0.25, 0.3) is 0 Å². The molecule has 0 aliphatic carbocycles. The lowest BCUT2D eigenvalue weighted by molar-refractivity contribution is 0.353. The van der Waals surface area contributed by atoms with Crippen LogP contribution >= 0.6 is 0 Å². The largest absolute Gasteiger partial charge is 0.493 e. The minimum atomic E-state index is 0.460. The predicted octanol–water partition coefficient (Wildman–Crippen LogP) is 3.25. The Bertz CT molecular complexity index is 409. The first kappa shape index (κ1) is 13.2. The van der Waals surface area contributed by atoms with E-state index in [2.05, 4.69) is 31.3 Å². The fraction of sp³-hybridized carbons (Fsp3) is 0.600. The molecule has 1 heterocycles. The molecule has 2 rings (SSSR count). The van der Waals surface area contributed by atoms with Crippen LogP contribution in [0.4, 0.5) is 0 Å². The van der Waals surface area contributed by atoms with Gasteiger partial charge in [-0.2, -0.15) is 0 Å². The molecule has 18 heavy (non-hydrogen) atoms. The van der Waals surface area contributed by atoms with Gasteiger partial charge in [-0.1, -0.05) is 13.8 Å². The first-order chi connectivity index (χ1) is 8.67. The highest BCUT2D eigenvalue weighted by Crippen LogP contribution is 2.38. The van der Waals surface area contributed by atoms with E-state index in [4.69, 9.17) is 9.47 Å². The van der Waals surface area contributed by atoms with Crippen molar-refractivity contribution in [3.63, 3.8) is 0 Å². The summed E-state index contributed by atoms with van der Waals surface area (Å²) >= 11 is 0. The Morgan fingerprint density at radius 1 is 1.17 bits per heavy atom. The lowest BCUT2D eigenvalue weighted by atomic mass is 9.91. The third kappa shape index (κ3) is 2.46. The minimum Gasteiger partial charge on any atom is -0.493 e. The maximum atomic E-state index is 5.42. The van der Waals surface area contributed by atoms with E-state index < -0.39 is 0 Å². The molecule has 1 aromatic rings. The van der Waals surface area contributed by atoms with Crippen LogP contribution in [0.15, 0.2) is 12.1 Å². The molecule has 1 aliphatic heterocycles. The smallest absolute Gasteiger partial charge is 0.161 e. The number of methoxy groups -OCH3 is 2. The molecule has 100 valence electrons. The standard InChI is InChI=1S/C15H23NO2/c1-10(2)11-8-14(17-3)15(18-4)9-12(11)13-6-5-7-16-13/h8-10,13,16H,5-7H2,1-4H3. The molecule has 0 aromatic heterocycles. The van der Waals surface area contributed by atoms with Crippen LogP contribution in [0.2, 0.25) is 0 Å². The lowest BCUT2D eigenvalue weighted by Gasteiger charge is -2.21. The van der Waals surface area contributed by atoms with E-state index in [1.807, 2.05) is 0 Å². The van der Waals surface area contributed by atoms with Crippen molar-refractivity contribution in [3.8, 4) is 11.5 Å². The Morgan fingerprint density at radius 2 is 1.83 bits per heavy atom. The summed E-state index contributed by atoms with van der Waals surface area (Å²) in [5.41, 5.74) is 2.72. The molecule has 1 aromatic carbocycles. The van der Waals surface area contributed by atoms with E-state index in [-0.39, 0.29) is 0 Å². The van der Waals surface area contributed by atoms with Crippen molar-refractivity contribution in [1.82, 2.24) is 5.32 Å². The van der Waals surface area contributed by atoms with Gasteiger partial charge in [0, 0.05) is 6.04 Å². The van der Waals surface area contributed by atoms with Gasteiger partial charge in [0.2, 0.25) is 0 Å². The predicted molar refractivity (Wildman–Crippen MR) is 73.6 cm³/mol. The van der Waals surface area contributed by atoms with Gasteiger partial charge in [-0.15, -0.1) is 0 Å². The Hall–Kier alpha value is -1.22. The zero-order valence-corrected chi connectivity index (χ0v) is 11.7. The summed E-state index contributed by atoms with van der Waals surface area (Å²) in [5.74, 6) is 2.13. The second-order valence-corrected chi connectivity index (χ2v) is 5.14. The highest BCUT2D eigenvalue weighted by molar-refractivity contribution is 5.49. The van der Waals surface area contributed by atoms with E-state index in [1.54, 1.807) is 14.2 Å². The van der Waals surface area contributed by atoms with Gasteiger partial charge in [0.15, 0.2) is 11.5 Å². The third-order valence-electron chi connectivity index (χ3n) is 3.65. The molecule has 0 saturated carbocycles. The van der Waals surface area contributed by atoms with Crippen LogP contribution in [0.3, 0.4) is 0 Å². The fourth-order valence-corrected chi connectivity index (χ4v) is 2.66. The zero-order chi connectivity index (χ0) is 13.1. The van der Waals surface area contributed by atoms with Crippen molar-refractivity contribution in [1.29, 1.82) is 0 Å². The molecule has 1 atom stereocenters. The van der Waals surface area contributed by atoms with Crippen LogP contribution < -0.4 is 14.8 Å². The van der Waals surface area contributed by atoms with Gasteiger partial charge >= 0.3 is 0 Å². The first-order valence-electron chi connectivity index (χ1n) is 6.66. The van der Waals surface area contributed by atoms with Crippen molar-refractivity contribution >= 4 is 0 Å². The van der Waals surface area contributed by atoms with E-state index in [0.29, 0.717) is 12.0 Å². The Balaban J connectivity index is 2.47. The lowest BCUT2D eigenvalue weighted by Crippen LogP contribution is -2.15. The first-order valence-corrected chi connectivity index (χ1v) is 6.66. The van der Waals surface area contributed by atoms with Crippen LogP contribution in [0, 0.1) is 0 Å². The second-order valence-electron chi connectivity index (χ2n) is 5.14. The summed E-state index contributed by atoms with van der Waals surface area (Å²) in [6.07, 6.45) is 2.45. The van der Waals surface area contributed by atoms with Crippen LogP contribution in [-0.2, 0) is 0 Å². The maximum Gasteiger partial charge on any atom is 0.161 e. The molecule has 1 aliphatic rings. The SMILES string of the molecule is COc1cc(C(C)C)c(C2CCCN2)cc1OC. The quantitative estimate of drug-likeness (QED) is 0.888. The van der Waals surface area contributed by atoms with E-state index >= 15 is 0 Å². The Morgan fingerprint density at radius 3 is 2.33 bits per heavy atom. The highest BCUT2D eigenvalue weighted by atomic mass is 16.5. The monoisotopic (exact) mass is 249 g/mol. The van der Waals surface area contributed by atoms with Crippen molar-refractivity contribution < 1.29 is 9.47 Å². The number of rotatable bonds is 4. The fourth-order valence-electron chi connectivity index (χ4n) is 2.66. The molecule has 3 heteroatoms. The van der Waals surface area contributed by atoms with Gasteiger partial charge in [0.25, 0.3) is 0 Å². The van der Waals surface area contributed by atoms with Crippen molar-refractivity contribution in [2.45, 2.75) is 38.6 Å². The summed E-state index contributed by atoms with van der Waals surface area (Å²) in [7, 11) is 3.38. The molecule has 1 unspecified atom stereocenters. The summed E-state index contributed by atoms with van der Waals surface area (Å²) in [5, 5.41) is 3.56. The normalized spacial score (nSPS) is 19.3. The maximum absolute atomic E-state index is 5.42. The van der Waals surface area contributed by atoms with Gasteiger partial charge in [0.1, 0.15) is 0 Å². The number of hydrogen-bond donors (Lipinski definition) is 1. The molecular formula is C15H23NO2. The average Bonchev–Trinajstić information content (AvgIpc) is 2.90. The molecule has 1 fully saturated rings. The van der Waals surface area contributed by atoms with Gasteiger partial charge in [-0.3, -0.25) is 0 Å². The Labute approximate surface area is 109 Å². The summed E-state index contributed by atoms with van der Waals surface area (Å²) < 4.78 is 10.8. The minimum absolute atomic E-state index is 0.460. The molecule has 3 nitrogen and oxygen atoms in total. The molecular weight excluding hydrogens is 226 g/mol. The van der Waals surface area contributed by atoms with Gasteiger partial charge in [-0.25, -0.2) is 0 Å². The number of nitrogens with one attached hydrogen (secondary N) is 1.